The molecular weight excluding hydrogens is 226 g/mol. The molecule has 1 fully saturated rings. The number of imidazole rings is 1. The zero-order valence-electron chi connectivity index (χ0n) is 11.1. The molecule has 2 N–H and O–H groups in total. The van der Waals surface area contributed by atoms with E-state index in [1.54, 1.807) is 7.11 Å². The van der Waals surface area contributed by atoms with E-state index in [4.69, 9.17) is 15.5 Å². The Morgan fingerprint density at radius 2 is 2.17 bits per heavy atom. The second-order valence-corrected chi connectivity index (χ2v) is 5.41. The summed E-state index contributed by atoms with van der Waals surface area (Å²) in [7, 11) is 3.70. The molecule has 1 aliphatic carbocycles. The lowest BCUT2D eigenvalue weighted by molar-refractivity contribution is 0.391. The van der Waals surface area contributed by atoms with Gasteiger partial charge in [-0.3, -0.25) is 0 Å². The molecule has 4 nitrogen and oxygen atoms in total. The maximum absolute atomic E-state index is 6.46. The molecule has 96 valence electrons. The minimum atomic E-state index is -0.332. The average Bonchev–Trinajstić information content (AvgIpc) is 3.15. The lowest BCUT2D eigenvalue weighted by atomic mass is 9.96. The molecule has 1 aromatic carbocycles. The van der Waals surface area contributed by atoms with E-state index in [1.807, 2.05) is 25.2 Å². The zero-order chi connectivity index (χ0) is 12.9. The zero-order valence-corrected chi connectivity index (χ0v) is 11.1. The third kappa shape index (κ3) is 1.60. The van der Waals surface area contributed by atoms with Crippen molar-refractivity contribution in [2.45, 2.75) is 25.3 Å². The number of aromatic nitrogens is 2. The van der Waals surface area contributed by atoms with Crippen LogP contribution in [0.1, 0.15) is 25.6 Å². The molecule has 0 radical (unpaired) electrons. The van der Waals surface area contributed by atoms with E-state index in [0.29, 0.717) is 5.92 Å². The van der Waals surface area contributed by atoms with Gasteiger partial charge in [0.25, 0.3) is 0 Å². The van der Waals surface area contributed by atoms with Gasteiger partial charge in [-0.25, -0.2) is 4.98 Å². The number of rotatable bonds is 3. The fourth-order valence-electron chi connectivity index (χ4n) is 2.65. The summed E-state index contributed by atoms with van der Waals surface area (Å²) >= 11 is 0. The first kappa shape index (κ1) is 11.5. The number of ether oxygens (including phenoxy) is 1. The molecule has 3 rings (SSSR count). The van der Waals surface area contributed by atoms with E-state index >= 15 is 0 Å². The Morgan fingerprint density at radius 1 is 1.44 bits per heavy atom. The molecule has 0 aliphatic heterocycles. The number of nitrogens with zero attached hydrogens (tertiary/aromatic N) is 2. The predicted octanol–water partition coefficient (Wildman–Crippen LogP) is 2.17. The van der Waals surface area contributed by atoms with Gasteiger partial charge in [0.1, 0.15) is 11.6 Å². The number of hydrogen-bond donors (Lipinski definition) is 1. The van der Waals surface area contributed by atoms with Gasteiger partial charge in [-0.05, 0) is 37.8 Å². The van der Waals surface area contributed by atoms with Crippen LogP contribution in [-0.4, -0.2) is 16.7 Å². The fourth-order valence-corrected chi connectivity index (χ4v) is 2.65. The number of aryl methyl sites for hydroxylation is 1. The van der Waals surface area contributed by atoms with Gasteiger partial charge in [0, 0.05) is 13.1 Å². The van der Waals surface area contributed by atoms with E-state index in [-0.39, 0.29) is 5.54 Å². The molecular formula is C14H19N3O. The smallest absolute Gasteiger partial charge is 0.129 e. The largest absolute Gasteiger partial charge is 0.497 e. The first-order valence-electron chi connectivity index (χ1n) is 6.34. The Hall–Kier alpha value is -1.55. The summed E-state index contributed by atoms with van der Waals surface area (Å²) in [5, 5.41) is 0. The van der Waals surface area contributed by atoms with Crippen LogP contribution in [0.5, 0.6) is 5.75 Å². The fraction of sp³-hybridized carbons (Fsp3) is 0.500. The Morgan fingerprint density at radius 3 is 2.78 bits per heavy atom. The van der Waals surface area contributed by atoms with Crippen molar-refractivity contribution in [3.05, 3.63) is 24.0 Å². The summed E-state index contributed by atoms with van der Waals surface area (Å²) in [6, 6.07) is 5.95. The third-order valence-electron chi connectivity index (χ3n) is 4.00. The van der Waals surface area contributed by atoms with Crippen molar-refractivity contribution in [3.8, 4) is 5.75 Å². The maximum atomic E-state index is 6.46. The summed E-state index contributed by atoms with van der Waals surface area (Å²) in [4.78, 5) is 4.71. The van der Waals surface area contributed by atoms with Crippen molar-refractivity contribution in [2.75, 3.05) is 7.11 Å². The van der Waals surface area contributed by atoms with Gasteiger partial charge in [-0.15, -0.1) is 0 Å². The highest BCUT2D eigenvalue weighted by molar-refractivity contribution is 5.78. The number of fused-ring (bicyclic) bond motifs is 1. The van der Waals surface area contributed by atoms with E-state index in [2.05, 4.69) is 11.5 Å². The molecule has 1 heterocycles. The van der Waals surface area contributed by atoms with Crippen molar-refractivity contribution in [1.82, 2.24) is 9.55 Å². The molecule has 1 unspecified atom stereocenters. The van der Waals surface area contributed by atoms with Gasteiger partial charge in [-0.1, -0.05) is 0 Å². The van der Waals surface area contributed by atoms with Crippen LogP contribution < -0.4 is 10.5 Å². The van der Waals surface area contributed by atoms with Crippen LogP contribution in [0.4, 0.5) is 0 Å². The van der Waals surface area contributed by atoms with E-state index < -0.39 is 0 Å². The van der Waals surface area contributed by atoms with E-state index in [9.17, 15) is 0 Å². The average molecular weight is 245 g/mol. The normalized spacial score (nSPS) is 18.9. The Kier molecular flexibility index (Phi) is 2.38. The second kappa shape index (κ2) is 3.72. The number of methoxy groups -OCH3 is 1. The molecule has 2 aromatic rings. The highest BCUT2D eigenvalue weighted by Gasteiger charge is 2.42. The maximum Gasteiger partial charge on any atom is 0.129 e. The lowest BCUT2D eigenvalue weighted by Gasteiger charge is -2.23. The minimum absolute atomic E-state index is 0.332. The number of nitrogens with two attached hydrogens (primary N) is 1. The van der Waals surface area contributed by atoms with Gasteiger partial charge >= 0.3 is 0 Å². The first-order chi connectivity index (χ1) is 8.54. The highest BCUT2D eigenvalue weighted by atomic mass is 16.5. The van der Waals surface area contributed by atoms with Crippen LogP contribution in [0.25, 0.3) is 11.0 Å². The molecule has 1 atom stereocenters. The van der Waals surface area contributed by atoms with Crippen LogP contribution in [0, 0.1) is 5.92 Å². The molecule has 1 aliphatic rings. The Bertz CT molecular complexity index is 596. The SMILES string of the molecule is COc1ccc2c(c1)nc(C(C)(N)C1CC1)n2C. The Balaban J connectivity index is 2.15. The van der Waals surface area contributed by atoms with Gasteiger partial charge in [0.2, 0.25) is 0 Å². The van der Waals surface area contributed by atoms with Crippen LogP contribution >= 0.6 is 0 Å². The van der Waals surface area contributed by atoms with Gasteiger partial charge in [0.15, 0.2) is 0 Å². The second-order valence-electron chi connectivity index (χ2n) is 5.41. The van der Waals surface area contributed by atoms with Gasteiger partial charge < -0.3 is 15.0 Å². The van der Waals surface area contributed by atoms with Crippen molar-refractivity contribution < 1.29 is 4.74 Å². The summed E-state index contributed by atoms with van der Waals surface area (Å²) in [5.74, 6) is 2.36. The molecule has 1 saturated carbocycles. The van der Waals surface area contributed by atoms with Gasteiger partial charge in [-0.2, -0.15) is 0 Å². The molecule has 0 amide bonds. The third-order valence-corrected chi connectivity index (χ3v) is 4.00. The van der Waals surface area contributed by atoms with Crippen LogP contribution in [0.2, 0.25) is 0 Å². The molecule has 0 saturated heterocycles. The molecule has 1 aromatic heterocycles. The van der Waals surface area contributed by atoms with E-state index in [1.165, 1.54) is 12.8 Å². The van der Waals surface area contributed by atoms with Crippen molar-refractivity contribution >= 4 is 11.0 Å². The summed E-state index contributed by atoms with van der Waals surface area (Å²) in [6.45, 7) is 2.09. The molecule has 4 heteroatoms. The van der Waals surface area contributed by atoms with Crippen LogP contribution in [-0.2, 0) is 12.6 Å². The quantitative estimate of drug-likeness (QED) is 0.901. The first-order valence-corrected chi connectivity index (χ1v) is 6.34. The molecule has 0 bridgehead atoms. The number of hydrogen-bond acceptors (Lipinski definition) is 3. The topological polar surface area (TPSA) is 53.1 Å². The molecule has 18 heavy (non-hydrogen) atoms. The van der Waals surface area contributed by atoms with Crippen molar-refractivity contribution in [2.24, 2.45) is 18.7 Å². The van der Waals surface area contributed by atoms with Gasteiger partial charge in [0.05, 0.1) is 23.7 Å². The summed E-state index contributed by atoms with van der Waals surface area (Å²) < 4.78 is 7.34. The van der Waals surface area contributed by atoms with Crippen molar-refractivity contribution in [3.63, 3.8) is 0 Å². The van der Waals surface area contributed by atoms with E-state index in [0.717, 1.165) is 22.6 Å². The van der Waals surface area contributed by atoms with Crippen LogP contribution in [0.15, 0.2) is 18.2 Å². The standard InChI is InChI=1S/C14H19N3O/c1-14(15,9-4-5-9)13-16-11-8-10(18-3)6-7-12(11)17(13)2/h6-9H,4-5,15H2,1-3H3. The highest BCUT2D eigenvalue weighted by Crippen LogP contribution is 2.43. The minimum Gasteiger partial charge on any atom is -0.497 e. The monoisotopic (exact) mass is 245 g/mol. The predicted molar refractivity (Wildman–Crippen MR) is 71.5 cm³/mol. The summed E-state index contributed by atoms with van der Waals surface area (Å²) in [6.07, 6.45) is 2.42. The summed E-state index contributed by atoms with van der Waals surface area (Å²) in [5.41, 5.74) is 8.18. The lowest BCUT2D eigenvalue weighted by Crippen LogP contribution is -2.38. The number of benzene rings is 1. The molecule has 0 spiro atoms. The van der Waals surface area contributed by atoms with Crippen LogP contribution in [0.3, 0.4) is 0 Å². The Labute approximate surface area is 107 Å². The van der Waals surface area contributed by atoms with Crippen molar-refractivity contribution in [1.29, 1.82) is 0 Å².